The summed E-state index contributed by atoms with van der Waals surface area (Å²) in [6.45, 7) is 0. The van der Waals surface area contributed by atoms with Crippen molar-refractivity contribution in [3.63, 3.8) is 0 Å². The maximum absolute atomic E-state index is 8.25. The van der Waals surface area contributed by atoms with Gasteiger partial charge in [-0.2, -0.15) is 14.2 Å². The summed E-state index contributed by atoms with van der Waals surface area (Å²) in [7, 11) is 1.50. The van der Waals surface area contributed by atoms with Crippen molar-refractivity contribution < 1.29 is 69.3 Å². The molecule has 0 heterocycles. The van der Waals surface area contributed by atoms with Gasteiger partial charge >= 0.3 is 59.1 Å². The van der Waals surface area contributed by atoms with Gasteiger partial charge in [-0.25, -0.2) is 0 Å². The topological polar surface area (TPSA) is 46.1 Å². The Balaban J connectivity index is -0.00000000500. The predicted molar refractivity (Wildman–Crippen MR) is 11.8 cm³/mol. The molecule has 0 N–H and O–H groups in total. The van der Waals surface area contributed by atoms with Gasteiger partial charge in [0.15, 0.2) is 0 Å². The van der Waals surface area contributed by atoms with Crippen molar-refractivity contribution >= 4 is 0 Å². The molecule has 0 radical (unpaired) electrons. The molecular weight excluding hydrogens is 102 g/mol. The average molecular weight is 108 g/mol. The summed E-state index contributed by atoms with van der Waals surface area (Å²) < 4.78 is 0. The van der Waals surface area contributed by atoms with E-state index in [1.165, 1.54) is 0 Å². The molecule has 2 nitrogen and oxygen atoms in total. The molecule has 0 aliphatic heterocycles. The first kappa shape index (κ1) is 24.7. The van der Waals surface area contributed by atoms with Crippen LogP contribution in [0.25, 0.3) is 0 Å². The molecular formula is C2H6Na2O2. The second-order valence-corrected chi connectivity index (χ2v) is 0. The Morgan fingerprint density at radius 3 is 0.667 bits per heavy atom. The maximum atomic E-state index is 8.25. The first-order chi connectivity index (χ1) is 2.00. The van der Waals surface area contributed by atoms with E-state index in [0.29, 0.717) is 0 Å². The zero-order chi connectivity index (χ0) is 4.00. The zero-order valence-corrected chi connectivity index (χ0v) is 8.82. The number of hydrogen-bond acceptors (Lipinski definition) is 2. The maximum Gasteiger partial charge on any atom is 1.00 e. The minimum absolute atomic E-state index is 0. The Morgan fingerprint density at radius 2 is 0.667 bits per heavy atom. The Hall–Kier alpha value is 1.92. The van der Waals surface area contributed by atoms with Crippen molar-refractivity contribution in [1.82, 2.24) is 0 Å². The Kier molecular flexibility index (Phi) is 271. The SMILES string of the molecule is C[O-].C[O-].[Na+].[Na+]. The van der Waals surface area contributed by atoms with Crippen LogP contribution >= 0.6 is 0 Å². The van der Waals surface area contributed by atoms with Crippen LogP contribution in [0.4, 0.5) is 0 Å². The zero-order valence-electron chi connectivity index (χ0n) is 4.82. The standard InChI is InChI=1S/2CH3O.2Na/c2*1-2;;/h2*1H3;;/q2*-1;2*+1. The first-order valence-electron chi connectivity index (χ1n) is 0.816. The molecule has 0 saturated heterocycles. The van der Waals surface area contributed by atoms with E-state index in [0.717, 1.165) is 14.2 Å². The van der Waals surface area contributed by atoms with Crippen LogP contribution < -0.4 is 69.3 Å². The molecule has 0 aliphatic carbocycles. The summed E-state index contributed by atoms with van der Waals surface area (Å²) in [6.07, 6.45) is 0. The molecule has 4 heteroatoms. The Labute approximate surface area is 82.5 Å². The third-order valence-electron chi connectivity index (χ3n) is 0. The third kappa shape index (κ3) is 38.9. The fourth-order valence-corrected chi connectivity index (χ4v) is 0. The summed E-state index contributed by atoms with van der Waals surface area (Å²) in [5.74, 6) is 0. The molecule has 0 bridgehead atoms. The largest absolute Gasteiger partial charge is 1.00 e. The molecule has 0 aromatic rings. The molecule has 0 amide bonds. The van der Waals surface area contributed by atoms with Crippen LogP contribution in [0.3, 0.4) is 0 Å². The van der Waals surface area contributed by atoms with Gasteiger partial charge in [-0.3, -0.25) is 0 Å². The van der Waals surface area contributed by atoms with Gasteiger partial charge in [-0.15, -0.1) is 0 Å². The summed E-state index contributed by atoms with van der Waals surface area (Å²) in [4.78, 5) is 0. The fraction of sp³-hybridized carbons (Fsp3) is 1.00. The van der Waals surface area contributed by atoms with E-state index >= 15 is 0 Å². The summed E-state index contributed by atoms with van der Waals surface area (Å²) in [6, 6.07) is 0. The average Bonchev–Trinajstić information content (AvgIpc) is 1.50. The molecule has 0 aliphatic rings. The molecule has 0 atom stereocenters. The van der Waals surface area contributed by atoms with E-state index in [4.69, 9.17) is 10.2 Å². The van der Waals surface area contributed by atoms with E-state index in [1.807, 2.05) is 0 Å². The van der Waals surface area contributed by atoms with Crippen molar-refractivity contribution in [1.29, 1.82) is 0 Å². The normalized spacial score (nSPS) is 2.00. The van der Waals surface area contributed by atoms with Gasteiger partial charge in [0.25, 0.3) is 0 Å². The molecule has 0 aromatic heterocycles. The Morgan fingerprint density at radius 1 is 0.667 bits per heavy atom. The van der Waals surface area contributed by atoms with Crippen LogP contribution in [0.2, 0.25) is 0 Å². The summed E-state index contributed by atoms with van der Waals surface area (Å²) in [5.41, 5.74) is 0. The van der Waals surface area contributed by atoms with E-state index in [2.05, 4.69) is 0 Å². The molecule has 0 unspecified atom stereocenters. The van der Waals surface area contributed by atoms with E-state index in [9.17, 15) is 0 Å². The minimum Gasteiger partial charge on any atom is -0.857 e. The van der Waals surface area contributed by atoms with Crippen LogP contribution in [0, 0.1) is 0 Å². The van der Waals surface area contributed by atoms with E-state index < -0.39 is 0 Å². The third-order valence-corrected chi connectivity index (χ3v) is 0. The van der Waals surface area contributed by atoms with Crippen molar-refractivity contribution in [2.45, 2.75) is 0 Å². The monoisotopic (exact) mass is 108 g/mol. The molecule has 6 heavy (non-hydrogen) atoms. The summed E-state index contributed by atoms with van der Waals surface area (Å²) in [5, 5.41) is 16.5. The van der Waals surface area contributed by atoms with Gasteiger partial charge in [0.1, 0.15) is 0 Å². The van der Waals surface area contributed by atoms with Crippen LogP contribution in [0.15, 0.2) is 0 Å². The second-order valence-electron chi connectivity index (χ2n) is 0. The number of hydrogen-bond donors (Lipinski definition) is 0. The molecule has 0 saturated carbocycles. The summed E-state index contributed by atoms with van der Waals surface area (Å²) >= 11 is 0. The van der Waals surface area contributed by atoms with E-state index in [1.54, 1.807) is 0 Å². The fourth-order valence-electron chi connectivity index (χ4n) is 0. The first-order valence-corrected chi connectivity index (χ1v) is 0.816. The van der Waals surface area contributed by atoms with Crippen LogP contribution in [0.1, 0.15) is 0 Å². The second kappa shape index (κ2) is 65.8. The quantitative estimate of drug-likeness (QED) is 0.289. The Bertz CT molecular complexity index is 9.51. The van der Waals surface area contributed by atoms with E-state index in [-0.39, 0.29) is 59.1 Å². The van der Waals surface area contributed by atoms with Crippen molar-refractivity contribution in [2.24, 2.45) is 0 Å². The van der Waals surface area contributed by atoms with Gasteiger partial charge in [0.05, 0.1) is 0 Å². The molecule has 0 aromatic carbocycles. The van der Waals surface area contributed by atoms with Crippen molar-refractivity contribution in [3.05, 3.63) is 0 Å². The predicted octanol–water partition coefficient (Wildman–Crippen LogP) is -8.04. The van der Waals surface area contributed by atoms with Gasteiger partial charge in [-0.1, -0.05) is 0 Å². The van der Waals surface area contributed by atoms with Gasteiger partial charge in [0.2, 0.25) is 0 Å². The van der Waals surface area contributed by atoms with Crippen LogP contribution in [-0.2, 0) is 0 Å². The molecule has 0 fully saturated rings. The van der Waals surface area contributed by atoms with Crippen LogP contribution in [-0.4, -0.2) is 14.2 Å². The number of rotatable bonds is 0. The molecule has 0 rings (SSSR count). The minimum atomic E-state index is 0. The van der Waals surface area contributed by atoms with Crippen LogP contribution in [0.5, 0.6) is 0 Å². The van der Waals surface area contributed by atoms with Crippen molar-refractivity contribution in [3.8, 4) is 0 Å². The molecule has 28 valence electrons. The van der Waals surface area contributed by atoms with Gasteiger partial charge in [0, 0.05) is 0 Å². The van der Waals surface area contributed by atoms with Gasteiger partial charge < -0.3 is 10.2 Å². The van der Waals surface area contributed by atoms with Crippen molar-refractivity contribution in [2.75, 3.05) is 14.2 Å². The molecule has 0 spiro atoms. The van der Waals surface area contributed by atoms with Gasteiger partial charge in [-0.05, 0) is 0 Å². The smallest absolute Gasteiger partial charge is 0.857 e.